The zero-order chi connectivity index (χ0) is 58.6. The Bertz CT molecular complexity index is 3650. The summed E-state index contributed by atoms with van der Waals surface area (Å²) in [6.45, 7) is 0. The number of rotatable bonds is 14. The monoisotopic (exact) mass is 1170 g/mol. The number of carbonyl (C=O) groups is 2. The molecule has 4 N–H and O–H groups in total. The lowest BCUT2D eigenvalue weighted by atomic mass is 9.93. The first-order chi connectivity index (χ1) is 39.0. The molecule has 4 heterocycles. The fraction of sp³-hybridized carbons (Fsp3) is 0.133. The van der Waals surface area contributed by atoms with E-state index in [4.69, 9.17) is 23.2 Å². The maximum Gasteiger partial charge on any atom is 0.404 e. The van der Waals surface area contributed by atoms with E-state index in [1.54, 1.807) is 72.8 Å². The molecular formula is C60H40Cl2F12N6O2. The van der Waals surface area contributed by atoms with Crippen LogP contribution in [0, 0.1) is 34.9 Å². The fourth-order valence-electron chi connectivity index (χ4n) is 9.65. The summed E-state index contributed by atoms with van der Waals surface area (Å²) in [5, 5.41) is 5.52. The van der Waals surface area contributed by atoms with Crippen molar-refractivity contribution < 1.29 is 62.3 Å². The first-order valence-electron chi connectivity index (χ1n) is 24.6. The van der Waals surface area contributed by atoms with Gasteiger partial charge in [0, 0.05) is 79.9 Å². The van der Waals surface area contributed by atoms with Gasteiger partial charge in [0.05, 0.1) is 23.5 Å². The van der Waals surface area contributed by atoms with E-state index in [9.17, 15) is 62.3 Å². The van der Waals surface area contributed by atoms with Crippen molar-refractivity contribution in [2.45, 2.75) is 49.1 Å². The van der Waals surface area contributed by atoms with Crippen LogP contribution in [-0.2, 0) is 22.4 Å². The number of benzene rings is 6. The Balaban J connectivity index is 0.000000198. The number of nitrogens with zero attached hydrogens (tertiary/aromatic N) is 2. The van der Waals surface area contributed by atoms with Gasteiger partial charge in [-0.05, 0) is 143 Å². The van der Waals surface area contributed by atoms with Crippen molar-refractivity contribution in [3.05, 3.63) is 249 Å². The number of fused-ring (bicyclic) bond motifs is 2. The normalized spacial score (nSPS) is 13.2. The van der Waals surface area contributed by atoms with Crippen molar-refractivity contribution in [2.75, 3.05) is 0 Å². The van der Waals surface area contributed by atoms with Crippen LogP contribution >= 0.6 is 23.2 Å². The molecule has 0 saturated carbocycles. The number of alkyl halides is 6. The molecule has 2 unspecified atom stereocenters. The topological polar surface area (TPSA) is 116 Å². The van der Waals surface area contributed by atoms with Crippen molar-refractivity contribution in [2.24, 2.45) is 0 Å². The molecule has 6 aromatic carbocycles. The molecule has 420 valence electrons. The van der Waals surface area contributed by atoms with Gasteiger partial charge in [-0.1, -0.05) is 59.6 Å². The summed E-state index contributed by atoms with van der Waals surface area (Å²) in [5.41, 5.74) is 2.10. The molecule has 0 radical (unpaired) electrons. The van der Waals surface area contributed by atoms with Gasteiger partial charge in [0.25, 0.3) is 0 Å². The Morgan fingerprint density at radius 2 is 0.817 bits per heavy atom. The molecule has 10 aromatic rings. The van der Waals surface area contributed by atoms with E-state index in [2.05, 4.69) is 30.6 Å². The quantitative estimate of drug-likeness (QED) is 0.0812. The Labute approximate surface area is 468 Å². The summed E-state index contributed by atoms with van der Waals surface area (Å²) < 4.78 is 171. The number of hydrogen-bond donors (Lipinski definition) is 4. The lowest BCUT2D eigenvalue weighted by Gasteiger charge is -2.25. The average Bonchev–Trinajstić information content (AvgIpc) is 4.15. The molecule has 0 aliphatic heterocycles. The number of amides is 2. The van der Waals surface area contributed by atoms with Crippen molar-refractivity contribution >= 4 is 56.8 Å². The minimum absolute atomic E-state index is 0.0817. The number of H-pyrrole nitrogens is 2. The Morgan fingerprint density at radius 3 is 1.16 bits per heavy atom. The highest BCUT2D eigenvalue weighted by Gasteiger charge is 2.49. The van der Waals surface area contributed by atoms with Gasteiger partial charge in [0.2, 0.25) is 11.8 Å². The predicted molar refractivity (Wildman–Crippen MR) is 285 cm³/mol. The van der Waals surface area contributed by atoms with Gasteiger partial charge in [-0.3, -0.25) is 19.6 Å². The molecule has 8 nitrogen and oxygen atoms in total. The summed E-state index contributed by atoms with van der Waals surface area (Å²) >= 11 is 12.0. The van der Waals surface area contributed by atoms with E-state index >= 15 is 0 Å². The minimum atomic E-state index is -5.07. The number of hydrogen-bond acceptors (Lipinski definition) is 4. The van der Waals surface area contributed by atoms with Gasteiger partial charge >= 0.3 is 12.4 Å². The summed E-state index contributed by atoms with van der Waals surface area (Å²) in [7, 11) is 0. The highest BCUT2D eigenvalue weighted by Crippen LogP contribution is 2.42. The van der Waals surface area contributed by atoms with Crippen molar-refractivity contribution in [3.63, 3.8) is 0 Å². The number of aromatic nitrogens is 4. The number of aromatic amines is 2. The van der Waals surface area contributed by atoms with Gasteiger partial charge in [-0.15, -0.1) is 0 Å². The number of halogens is 14. The minimum Gasteiger partial charge on any atom is -0.361 e. The van der Waals surface area contributed by atoms with Crippen LogP contribution in [0.2, 0.25) is 10.0 Å². The molecule has 2 amide bonds. The number of carbonyl (C=O) groups excluding carboxylic acids is 2. The molecule has 22 heteroatoms. The smallest absolute Gasteiger partial charge is 0.361 e. The van der Waals surface area contributed by atoms with E-state index in [0.29, 0.717) is 44.4 Å². The largest absolute Gasteiger partial charge is 0.404 e. The van der Waals surface area contributed by atoms with Crippen LogP contribution in [0.1, 0.15) is 57.6 Å². The van der Waals surface area contributed by atoms with E-state index < -0.39 is 94.1 Å². The first kappa shape index (κ1) is 58.0. The highest BCUT2D eigenvalue weighted by molar-refractivity contribution is 6.31. The van der Waals surface area contributed by atoms with Crippen LogP contribution in [0.5, 0.6) is 0 Å². The maximum absolute atomic E-state index is 14.4. The van der Waals surface area contributed by atoms with E-state index in [-0.39, 0.29) is 57.2 Å². The molecular weight excluding hydrogens is 1140 g/mol. The second kappa shape index (κ2) is 24.2. The van der Waals surface area contributed by atoms with Gasteiger partial charge in [0.1, 0.15) is 34.9 Å². The van der Waals surface area contributed by atoms with Crippen LogP contribution in [-0.4, -0.2) is 44.1 Å². The molecule has 82 heavy (non-hydrogen) atoms. The Kier molecular flexibility index (Phi) is 17.1. The Hall–Kier alpha value is -8.62. The lowest BCUT2D eigenvalue weighted by Crippen LogP contribution is -2.40. The highest BCUT2D eigenvalue weighted by atomic mass is 35.5. The summed E-state index contributed by atoms with van der Waals surface area (Å²) in [6.07, 6.45) is -5.89. The molecule has 0 fully saturated rings. The third-order valence-electron chi connectivity index (χ3n) is 13.2. The third-order valence-corrected chi connectivity index (χ3v) is 13.7. The molecule has 4 atom stereocenters. The average molecular weight is 1180 g/mol. The molecule has 0 bridgehead atoms. The van der Waals surface area contributed by atoms with E-state index in [1.165, 1.54) is 24.5 Å². The molecule has 0 spiro atoms. The lowest BCUT2D eigenvalue weighted by molar-refractivity contribution is -0.167. The first-order valence-corrected chi connectivity index (χ1v) is 25.3. The number of nitrogens with one attached hydrogen (secondary N) is 4. The predicted octanol–water partition coefficient (Wildman–Crippen LogP) is 16.1. The zero-order valence-electron chi connectivity index (χ0n) is 41.9. The van der Waals surface area contributed by atoms with Crippen molar-refractivity contribution in [3.8, 4) is 22.3 Å². The molecule has 4 aromatic heterocycles. The van der Waals surface area contributed by atoms with Crippen LogP contribution in [0.15, 0.2) is 170 Å². The maximum atomic E-state index is 14.4. The van der Waals surface area contributed by atoms with Crippen LogP contribution in [0.4, 0.5) is 52.7 Å². The Morgan fingerprint density at radius 1 is 0.463 bits per heavy atom. The standard InChI is InChI=1S/2C30H20ClF6N3O/c2*31-18-5-3-17(4-6-18)22-2-1-9-38-28(22)26(12-16-10-20(33)13-21(34)11-16)40-29(41)27(30(35,36)37)24-15-39-25-8-7-19(32)14-23(24)25/h2*1-11,13-15,26-27,39H,12H2,(H,40,41)/t2*26-,27?/m00/s1. The van der Waals surface area contributed by atoms with Crippen LogP contribution < -0.4 is 10.6 Å². The van der Waals surface area contributed by atoms with Crippen molar-refractivity contribution in [1.29, 1.82) is 0 Å². The number of pyridine rings is 2. The van der Waals surface area contributed by atoms with Crippen molar-refractivity contribution in [1.82, 2.24) is 30.6 Å². The van der Waals surface area contributed by atoms with Gasteiger partial charge in [-0.25, -0.2) is 26.3 Å². The SMILES string of the molecule is O=C(N[C@@H](Cc1cc(F)cc(F)c1)c1ncccc1-c1ccc(Cl)cc1)C(c1c[nH]c2ccc(F)cc12)C(F)(F)F.O=C(N[C@@H](Cc1cc(F)cc(F)c1)c1ncccc1-c1ccc(Cl)cc1)C(c1c[nH]c2ccc(F)cc12)C(F)(F)F. The van der Waals surface area contributed by atoms with Gasteiger partial charge in [-0.2, -0.15) is 26.3 Å². The summed E-state index contributed by atoms with van der Waals surface area (Å²) in [4.78, 5) is 40.9. The molecule has 0 saturated heterocycles. The van der Waals surface area contributed by atoms with Crippen LogP contribution in [0.25, 0.3) is 44.1 Å². The second-order valence-electron chi connectivity index (χ2n) is 18.8. The zero-order valence-corrected chi connectivity index (χ0v) is 43.4. The molecule has 0 aliphatic rings. The summed E-state index contributed by atoms with van der Waals surface area (Å²) in [5.74, 6) is -13.4. The molecule has 0 aliphatic carbocycles. The second-order valence-corrected chi connectivity index (χ2v) is 19.7. The van der Waals surface area contributed by atoms with Crippen LogP contribution in [0.3, 0.4) is 0 Å². The van der Waals surface area contributed by atoms with E-state index in [0.717, 1.165) is 60.9 Å². The summed E-state index contributed by atoms with van der Waals surface area (Å²) in [6, 6.07) is 29.1. The van der Waals surface area contributed by atoms with Gasteiger partial charge < -0.3 is 20.6 Å². The molecule has 10 rings (SSSR count). The van der Waals surface area contributed by atoms with Gasteiger partial charge in [0.15, 0.2) is 11.8 Å². The van der Waals surface area contributed by atoms with E-state index in [1.807, 2.05) is 0 Å². The fourth-order valence-corrected chi connectivity index (χ4v) is 9.90. The third kappa shape index (κ3) is 13.6.